The average Bonchev–Trinajstić information content (AvgIpc) is 3.33. The second-order valence-electron chi connectivity index (χ2n) is 10.2. The fourth-order valence-corrected chi connectivity index (χ4v) is 5.33. The van der Waals surface area contributed by atoms with Crippen LogP contribution in [-0.4, -0.2) is 46.6 Å². The average molecular weight is 499 g/mol. The normalized spacial score (nSPS) is 13.9. The van der Waals surface area contributed by atoms with Gasteiger partial charge in [0.15, 0.2) is 5.58 Å². The molecule has 0 fully saturated rings. The monoisotopic (exact) mass is 498 g/mol. The summed E-state index contributed by atoms with van der Waals surface area (Å²) < 4.78 is 11.7. The number of nitrogens with zero attached hydrogens (tertiary/aromatic N) is 2. The highest BCUT2D eigenvalue weighted by atomic mass is 32.1. The van der Waals surface area contributed by atoms with E-state index in [4.69, 9.17) is 14.1 Å². The van der Waals surface area contributed by atoms with E-state index in [9.17, 15) is 9.59 Å². The Kier molecular flexibility index (Phi) is 7.19. The number of carbonyl (C=O) groups excluding carboxylic acids is 2. The molecule has 2 aromatic heterocycles. The van der Waals surface area contributed by atoms with Gasteiger partial charge in [0.2, 0.25) is 11.8 Å². The van der Waals surface area contributed by atoms with Crippen molar-refractivity contribution in [2.45, 2.75) is 72.6 Å². The number of anilines is 1. The number of thiophene rings is 1. The largest absolute Gasteiger partial charge is 0.444 e. The molecule has 0 unspecified atom stereocenters. The van der Waals surface area contributed by atoms with E-state index >= 15 is 0 Å². The quantitative estimate of drug-likeness (QED) is 0.467. The fraction of sp³-hybridized carbons (Fsp3) is 0.500. The molecule has 1 aromatic carbocycles. The smallest absolute Gasteiger partial charge is 0.410 e. The van der Waals surface area contributed by atoms with Crippen LogP contribution < -0.4 is 10.6 Å². The van der Waals surface area contributed by atoms with Crippen molar-refractivity contribution in [2.24, 2.45) is 0 Å². The molecule has 0 aliphatic carbocycles. The maximum Gasteiger partial charge on any atom is 0.410 e. The Morgan fingerprint density at radius 1 is 1.29 bits per heavy atom. The van der Waals surface area contributed by atoms with E-state index in [2.05, 4.69) is 24.5 Å². The van der Waals surface area contributed by atoms with Gasteiger partial charge in [0.05, 0.1) is 12.1 Å². The molecule has 4 rings (SSSR count). The van der Waals surface area contributed by atoms with E-state index in [0.717, 1.165) is 27.1 Å². The Morgan fingerprint density at radius 2 is 2.06 bits per heavy atom. The number of aryl methyl sites for hydroxylation is 1. The Morgan fingerprint density at radius 3 is 2.74 bits per heavy atom. The maximum atomic E-state index is 12.8. The molecule has 8 nitrogen and oxygen atoms in total. The summed E-state index contributed by atoms with van der Waals surface area (Å²) in [5.74, 6) is 0.419. The van der Waals surface area contributed by atoms with Crippen LogP contribution in [0.5, 0.6) is 0 Å². The highest BCUT2D eigenvalue weighted by Crippen LogP contribution is 2.44. The van der Waals surface area contributed by atoms with Crippen molar-refractivity contribution in [3.05, 3.63) is 34.2 Å². The zero-order valence-electron chi connectivity index (χ0n) is 21.3. The van der Waals surface area contributed by atoms with Crippen molar-refractivity contribution in [3.63, 3.8) is 0 Å². The van der Waals surface area contributed by atoms with Gasteiger partial charge in [-0.05, 0) is 51.3 Å². The van der Waals surface area contributed by atoms with E-state index in [-0.39, 0.29) is 12.0 Å². The highest BCUT2D eigenvalue weighted by Gasteiger charge is 2.32. The van der Waals surface area contributed by atoms with Crippen LogP contribution in [0.1, 0.15) is 57.0 Å². The number of hydrogen-bond donors (Lipinski definition) is 2. The van der Waals surface area contributed by atoms with Crippen molar-refractivity contribution >= 4 is 39.4 Å². The first-order valence-electron chi connectivity index (χ1n) is 12.0. The first-order chi connectivity index (χ1) is 16.5. The lowest BCUT2D eigenvalue weighted by Gasteiger charge is -2.30. The Bertz CT molecular complexity index is 1240. The van der Waals surface area contributed by atoms with E-state index < -0.39 is 5.60 Å². The van der Waals surface area contributed by atoms with Crippen LogP contribution in [0.2, 0.25) is 0 Å². The molecule has 9 heteroatoms. The molecule has 35 heavy (non-hydrogen) atoms. The van der Waals surface area contributed by atoms with Gasteiger partial charge in [-0.15, -0.1) is 11.3 Å². The molecule has 2 amide bonds. The van der Waals surface area contributed by atoms with Crippen molar-refractivity contribution < 1.29 is 18.7 Å². The molecule has 0 spiro atoms. The van der Waals surface area contributed by atoms with Crippen LogP contribution in [0.15, 0.2) is 22.6 Å². The minimum Gasteiger partial charge on any atom is -0.444 e. The summed E-state index contributed by atoms with van der Waals surface area (Å²) in [4.78, 5) is 33.0. The molecule has 0 bridgehead atoms. The standard InChI is InChI=1S/C26H34N4O4S/c1-15(2)27-12-10-20(31)28-24-21(23-29-22-16(3)8-7-9-18(22)33-23)17-11-13-30(14-19(17)35-24)25(32)34-26(4,5)6/h7-9,15,27H,10-14H2,1-6H3,(H,28,31). The molecule has 0 radical (unpaired) electrons. The van der Waals surface area contributed by atoms with Crippen LogP contribution in [-0.2, 0) is 22.5 Å². The first-order valence-corrected chi connectivity index (χ1v) is 12.9. The van der Waals surface area contributed by atoms with Gasteiger partial charge < -0.3 is 24.7 Å². The molecule has 3 aromatic rings. The van der Waals surface area contributed by atoms with Gasteiger partial charge in [-0.25, -0.2) is 9.78 Å². The molecule has 1 aliphatic heterocycles. The number of ether oxygens (including phenoxy) is 1. The zero-order valence-corrected chi connectivity index (χ0v) is 22.1. The number of oxazole rings is 1. The number of benzene rings is 1. The molecule has 0 saturated carbocycles. The number of rotatable bonds is 6. The maximum absolute atomic E-state index is 12.8. The lowest BCUT2D eigenvalue weighted by atomic mass is 10.0. The third-order valence-electron chi connectivity index (χ3n) is 5.70. The third kappa shape index (κ3) is 5.85. The van der Waals surface area contributed by atoms with Gasteiger partial charge in [-0.3, -0.25) is 4.79 Å². The predicted molar refractivity (Wildman–Crippen MR) is 139 cm³/mol. The minimum atomic E-state index is -0.558. The number of nitrogens with one attached hydrogen (secondary N) is 2. The molecular formula is C26H34N4O4S. The van der Waals surface area contributed by atoms with Gasteiger partial charge in [0.25, 0.3) is 0 Å². The minimum absolute atomic E-state index is 0.0747. The number of fused-ring (bicyclic) bond motifs is 2. The molecular weight excluding hydrogens is 464 g/mol. The molecule has 188 valence electrons. The molecule has 0 atom stereocenters. The van der Waals surface area contributed by atoms with Crippen LogP contribution in [0, 0.1) is 6.92 Å². The summed E-state index contributed by atoms with van der Waals surface area (Å²) in [6.07, 6.45) is 0.653. The van der Waals surface area contributed by atoms with Crippen molar-refractivity contribution in [1.82, 2.24) is 15.2 Å². The Hall–Kier alpha value is -2.91. The zero-order chi connectivity index (χ0) is 25.3. The topological polar surface area (TPSA) is 96.7 Å². The number of carbonyl (C=O) groups is 2. The number of hydrogen-bond acceptors (Lipinski definition) is 7. The third-order valence-corrected chi connectivity index (χ3v) is 6.83. The fourth-order valence-electron chi connectivity index (χ4n) is 4.06. The Labute approximate surface area is 210 Å². The van der Waals surface area contributed by atoms with Gasteiger partial charge >= 0.3 is 6.09 Å². The number of para-hydroxylation sites is 1. The summed E-state index contributed by atoms with van der Waals surface area (Å²) in [7, 11) is 0. The SMILES string of the molecule is Cc1cccc2oc(-c3c(NC(=O)CCNC(C)C)sc4c3CCN(C(=O)OC(C)(C)C)C4)nc12. The van der Waals surface area contributed by atoms with Crippen LogP contribution in [0.25, 0.3) is 22.6 Å². The van der Waals surface area contributed by atoms with E-state index in [0.29, 0.717) is 55.0 Å². The summed E-state index contributed by atoms with van der Waals surface area (Å²) in [5.41, 5.74) is 3.88. The summed E-state index contributed by atoms with van der Waals surface area (Å²) >= 11 is 1.48. The van der Waals surface area contributed by atoms with Crippen molar-refractivity contribution in [1.29, 1.82) is 0 Å². The van der Waals surface area contributed by atoms with Crippen LogP contribution >= 0.6 is 11.3 Å². The molecule has 1 aliphatic rings. The van der Waals surface area contributed by atoms with Gasteiger partial charge in [0, 0.05) is 30.4 Å². The lowest BCUT2D eigenvalue weighted by Crippen LogP contribution is -2.39. The van der Waals surface area contributed by atoms with Gasteiger partial charge in [-0.2, -0.15) is 0 Å². The predicted octanol–water partition coefficient (Wildman–Crippen LogP) is 5.48. The molecule has 0 saturated heterocycles. The van der Waals surface area contributed by atoms with Crippen LogP contribution in [0.3, 0.4) is 0 Å². The first kappa shape index (κ1) is 25.2. The number of aromatic nitrogens is 1. The van der Waals surface area contributed by atoms with E-state index in [1.54, 1.807) is 4.90 Å². The van der Waals surface area contributed by atoms with Gasteiger partial charge in [0.1, 0.15) is 16.1 Å². The summed E-state index contributed by atoms with van der Waals surface area (Å²) in [5, 5.41) is 7.07. The van der Waals surface area contributed by atoms with Crippen molar-refractivity contribution in [3.8, 4) is 11.5 Å². The lowest BCUT2D eigenvalue weighted by molar-refractivity contribution is -0.116. The van der Waals surface area contributed by atoms with E-state index in [1.165, 1.54) is 11.3 Å². The summed E-state index contributed by atoms with van der Waals surface area (Å²) in [6, 6.07) is 6.16. The Balaban J connectivity index is 1.66. The second kappa shape index (κ2) is 9.99. The molecule has 2 N–H and O–H groups in total. The van der Waals surface area contributed by atoms with Crippen molar-refractivity contribution in [2.75, 3.05) is 18.4 Å². The van der Waals surface area contributed by atoms with Crippen LogP contribution in [0.4, 0.5) is 9.80 Å². The van der Waals surface area contributed by atoms with Gasteiger partial charge in [-0.1, -0.05) is 26.0 Å². The van der Waals surface area contributed by atoms with E-state index in [1.807, 2.05) is 45.9 Å². The molecule has 3 heterocycles. The second-order valence-corrected chi connectivity index (χ2v) is 11.3. The number of amides is 2. The summed E-state index contributed by atoms with van der Waals surface area (Å²) in [6.45, 7) is 13.2. The highest BCUT2D eigenvalue weighted by molar-refractivity contribution is 7.17.